The van der Waals surface area contributed by atoms with Gasteiger partial charge >= 0.3 is 5.69 Å². The molecule has 5 rings (SSSR count). The third-order valence-electron chi connectivity index (χ3n) is 8.45. The molecule has 2 fully saturated rings. The lowest BCUT2D eigenvalue weighted by molar-refractivity contribution is 0.0372. The highest BCUT2D eigenvalue weighted by Crippen LogP contribution is 2.15. The molecule has 0 radical (unpaired) electrons. The van der Waals surface area contributed by atoms with Crippen LogP contribution in [0.15, 0.2) is 44.8 Å². The summed E-state index contributed by atoms with van der Waals surface area (Å²) in [7, 11) is 0.486. The fraction of sp³-hybridized carbons (Fsp3) is 0.633. The second-order valence-electron chi connectivity index (χ2n) is 11.6. The standard InChI is InChI=1S/C30H45N7O5S/c1-33-29(39)27-28(32-30(33)40)31-26(10-5-6-11-35-17-19-42-20-18-35)37(27)23-24(38)22-36-15-13-34(14-16-36)12-7-21-43(41)25-8-3-2-4-9-25/h2-4,8-9,24,38H,5-7,10-23H2,1H3,(H,32,40). The van der Waals surface area contributed by atoms with Crippen molar-refractivity contribution < 1.29 is 14.1 Å². The number of piperazine rings is 1. The van der Waals surface area contributed by atoms with Crippen molar-refractivity contribution in [2.75, 3.05) is 77.9 Å². The van der Waals surface area contributed by atoms with Gasteiger partial charge in [-0.05, 0) is 44.5 Å². The molecule has 2 unspecified atom stereocenters. The molecule has 43 heavy (non-hydrogen) atoms. The number of nitrogens with one attached hydrogen (secondary N) is 1. The Labute approximate surface area is 254 Å². The first kappa shape index (κ1) is 31.7. The molecular weight excluding hydrogens is 570 g/mol. The molecular formula is C30H45N7O5S. The molecule has 236 valence electrons. The van der Waals surface area contributed by atoms with Crippen molar-refractivity contribution in [2.24, 2.45) is 7.05 Å². The summed E-state index contributed by atoms with van der Waals surface area (Å²) >= 11 is 0. The van der Waals surface area contributed by atoms with Gasteiger partial charge < -0.3 is 19.3 Å². The Hall–Kier alpha value is -2.68. The van der Waals surface area contributed by atoms with Gasteiger partial charge in [-0.15, -0.1) is 0 Å². The molecule has 0 aliphatic carbocycles. The number of β-amino-alcohol motifs (C(OH)–C–C–N with tert-alkyl or cyclic N) is 1. The number of aromatic nitrogens is 4. The minimum atomic E-state index is -0.968. The zero-order valence-electron chi connectivity index (χ0n) is 25.2. The van der Waals surface area contributed by atoms with Gasteiger partial charge in [0.25, 0.3) is 5.56 Å². The molecule has 2 N–H and O–H groups in total. The SMILES string of the molecule is Cn1c(=O)[nH]c2nc(CCCCN3CCOCC3)n(CC(O)CN3CCN(CCCS(=O)c4ccccc4)CC3)c2c1=O. The second-order valence-corrected chi connectivity index (χ2v) is 13.1. The van der Waals surface area contributed by atoms with Gasteiger partial charge in [-0.2, -0.15) is 0 Å². The average molecular weight is 616 g/mol. The molecule has 12 nitrogen and oxygen atoms in total. The Morgan fingerprint density at radius 1 is 0.930 bits per heavy atom. The number of aryl methyl sites for hydroxylation is 1. The molecule has 2 aromatic heterocycles. The molecule has 3 aromatic rings. The number of nitrogens with zero attached hydrogens (tertiary/aromatic N) is 6. The summed E-state index contributed by atoms with van der Waals surface area (Å²) in [6.45, 7) is 9.55. The van der Waals surface area contributed by atoms with Crippen molar-refractivity contribution in [1.82, 2.24) is 33.8 Å². The van der Waals surface area contributed by atoms with Crippen molar-refractivity contribution >= 4 is 22.0 Å². The maximum Gasteiger partial charge on any atom is 0.329 e. The van der Waals surface area contributed by atoms with Crippen molar-refractivity contribution in [3.63, 3.8) is 0 Å². The first-order chi connectivity index (χ1) is 20.9. The highest BCUT2D eigenvalue weighted by molar-refractivity contribution is 7.85. The van der Waals surface area contributed by atoms with Gasteiger partial charge in [0.15, 0.2) is 11.2 Å². The first-order valence-corrected chi connectivity index (χ1v) is 16.8. The van der Waals surface area contributed by atoms with Crippen LogP contribution in [-0.2, 0) is 35.5 Å². The molecule has 0 spiro atoms. The van der Waals surface area contributed by atoms with Crippen LogP contribution in [0.4, 0.5) is 0 Å². The van der Waals surface area contributed by atoms with E-state index in [1.807, 2.05) is 34.9 Å². The maximum absolute atomic E-state index is 13.1. The van der Waals surface area contributed by atoms with E-state index in [4.69, 9.17) is 4.74 Å². The molecule has 1 aromatic carbocycles. The summed E-state index contributed by atoms with van der Waals surface area (Å²) in [6.07, 6.45) is 2.73. The Balaban J connectivity index is 1.13. The number of H-pyrrole nitrogens is 1. The van der Waals surface area contributed by atoms with Gasteiger partial charge in [0.05, 0.1) is 36.7 Å². The zero-order valence-corrected chi connectivity index (χ0v) is 26.0. The quantitative estimate of drug-likeness (QED) is 0.245. The van der Waals surface area contributed by atoms with E-state index in [1.54, 1.807) is 0 Å². The number of imidazole rings is 1. The van der Waals surface area contributed by atoms with Crippen LogP contribution in [0.1, 0.15) is 25.1 Å². The van der Waals surface area contributed by atoms with Crippen LogP contribution in [0.2, 0.25) is 0 Å². The number of hydrogen-bond acceptors (Lipinski definition) is 9. The van der Waals surface area contributed by atoms with Crippen LogP contribution >= 0.6 is 0 Å². The molecule has 2 atom stereocenters. The van der Waals surface area contributed by atoms with E-state index >= 15 is 0 Å². The molecule has 0 saturated carbocycles. The molecule has 2 saturated heterocycles. The zero-order chi connectivity index (χ0) is 30.2. The number of morpholine rings is 1. The lowest BCUT2D eigenvalue weighted by Gasteiger charge is -2.35. The number of hydrogen-bond donors (Lipinski definition) is 2. The molecule has 2 aliphatic rings. The monoisotopic (exact) mass is 615 g/mol. The van der Waals surface area contributed by atoms with Gasteiger partial charge in [-0.25, -0.2) is 9.78 Å². The number of ether oxygens (including phenoxy) is 1. The van der Waals surface area contributed by atoms with Crippen molar-refractivity contribution in [3.05, 3.63) is 57.0 Å². The summed E-state index contributed by atoms with van der Waals surface area (Å²) in [4.78, 5) is 40.6. The molecule has 4 heterocycles. The predicted octanol–water partition coefficient (Wildman–Crippen LogP) is 0.255. The fourth-order valence-electron chi connectivity index (χ4n) is 5.94. The highest BCUT2D eigenvalue weighted by Gasteiger charge is 2.23. The van der Waals surface area contributed by atoms with Crippen molar-refractivity contribution in [1.29, 1.82) is 0 Å². The van der Waals surface area contributed by atoms with Gasteiger partial charge in [-0.3, -0.25) is 28.4 Å². The third kappa shape index (κ3) is 8.49. The minimum Gasteiger partial charge on any atom is -0.390 e. The van der Waals surface area contributed by atoms with E-state index in [9.17, 15) is 18.9 Å². The van der Waals surface area contributed by atoms with Crippen LogP contribution in [0.5, 0.6) is 0 Å². The Kier molecular flexibility index (Phi) is 11.3. The molecule has 2 aliphatic heterocycles. The van der Waals surface area contributed by atoms with Crippen LogP contribution in [0.3, 0.4) is 0 Å². The van der Waals surface area contributed by atoms with Gasteiger partial charge in [0.1, 0.15) is 5.82 Å². The topological polar surface area (TPSA) is 129 Å². The first-order valence-electron chi connectivity index (χ1n) is 15.4. The van der Waals surface area contributed by atoms with E-state index in [0.717, 1.165) is 94.3 Å². The van der Waals surface area contributed by atoms with Crippen molar-refractivity contribution in [2.45, 2.75) is 43.2 Å². The predicted molar refractivity (Wildman–Crippen MR) is 167 cm³/mol. The number of unbranched alkanes of at least 4 members (excludes halogenated alkanes) is 1. The summed E-state index contributed by atoms with van der Waals surface area (Å²) in [5.74, 6) is 1.37. The van der Waals surface area contributed by atoms with E-state index < -0.39 is 28.2 Å². The largest absolute Gasteiger partial charge is 0.390 e. The lowest BCUT2D eigenvalue weighted by Crippen LogP contribution is -2.49. The van der Waals surface area contributed by atoms with E-state index in [0.29, 0.717) is 30.1 Å². The van der Waals surface area contributed by atoms with Gasteiger partial charge in [-0.1, -0.05) is 18.2 Å². The average Bonchev–Trinajstić information content (AvgIpc) is 3.36. The highest BCUT2D eigenvalue weighted by atomic mass is 32.2. The van der Waals surface area contributed by atoms with E-state index in [2.05, 4.69) is 24.7 Å². The number of aliphatic hydroxyl groups is 1. The Morgan fingerprint density at radius 3 is 2.35 bits per heavy atom. The Bertz CT molecular complexity index is 1460. The molecule has 13 heteroatoms. The fourth-order valence-corrected chi connectivity index (χ4v) is 7.03. The number of aliphatic hydroxyl groups excluding tert-OH is 1. The van der Waals surface area contributed by atoms with Crippen LogP contribution in [0.25, 0.3) is 11.2 Å². The van der Waals surface area contributed by atoms with Crippen LogP contribution in [-0.4, -0.2) is 127 Å². The number of aromatic amines is 1. The lowest BCUT2D eigenvalue weighted by atomic mass is 10.2. The van der Waals surface area contributed by atoms with Crippen molar-refractivity contribution in [3.8, 4) is 0 Å². The van der Waals surface area contributed by atoms with Crippen LogP contribution in [0, 0.1) is 0 Å². The normalized spacial score (nSPS) is 18.7. The van der Waals surface area contributed by atoms with E-state index in [1.165, 1.54) is 7.05 Å². The second kappa shape index (κ2) is 15.4. The summed E-state index contributed by atoms with van der Waals surface area (Å²) in [6, 6.07) is 9.61. The van der Waals surface area contributed by atoms with Gasteiger partial charge in [0.2, 0.25) is 0 Å². The molecule has 0 bridgehead atoms. The van der Waals surface area contributed by atoms with Gasteiger partial charge in [0, 0.05) is 69.9 Å². The smallest absolute Gasteiger partial charge is 0.329 e. The third-order valence-corrected chi connectivity index (χ3v) is 9.91. The van der Waals surface area contributed by atoms with Crippen LogP contribution < -0.4 is 11.2 Å². The molecule has 0 amide bonds. The van der Waals surface area contributed by atoms with E-state index in [-0.39, 0.29) is 12.2 Å². The number of fused-ring (bicyclic) bond motifs is 1. The summed E-state index contributed by atoms with van der Waals surface area (Å²) in [5, 5.41) is 11.2. The minimum absolute atomic E-state index is 0.238. The Morgan fingerprint density at radius 2 is 1.60 bits per heavy atom. The maximum atomic E-state index is 13.1. The summed E-state index contributed by atoms with van der Waals surface area (Å²) in [5.41, 5.74) is -0.280. The summed E-state index contributed by atoms with van der Waals surface area (Å²) < 4.78 is 20.8. The number of benzene rings is 1. The number of rotatable bonds is 14.